The maximum absolute atomic E-state index is 11.7. The summed E-state index contributed by atoms with van der Waals surface area (Å²) in [6.45, 7) is 6.82. The lowest BCUT2D eigenvalue weighted by Gasteiger charge is -2.24. The SMILES string of the molecule is CCOC(=O)C(C)(N)CCCN(C)c1ccc(C)cc1. The van der Waals surface area contributed by atoms with E-state index < -0.39 is 5.54 Å². The summed E-state index contributed by atoms with van der Waals surface area (Å²) in [6.07, 6.45) is 1.46. The monoisotopic (exact) mass is 278 g/mol. The highest BCUT2D eigenvalue weighted by Crippen LogP contribution is 2.16. The van der Waals surface area contributed by atoms with E-state index in [0.29, 0.717) is 13.0 Å². The molecule has 0 saturated heterocycles. The molecule has 1 atom stereocenters. The zero-order chi connectivity index (χ0) is 15.2. The second-order valence-corrected chi connectivity index (χ2v) is 5.50. The quantitative estimate of drug-likeness (QED) is 0.779. The van der Waals surface area contributed by atoms with Gasteiger partial charge in [0.25, 0.3) is 0 Å². The van der Waals surface area contributed by atoms with Crippen molar-refractivity contribution < 1.29 is 9.53 Å². The molecule has 1 unspecified atom stereocenters. The van der Waals surface area contributed by atoms with Crippen molar-refractivity contribution in [2.45, 2.75) is 39.2 Å². The first kappa shape index (κ1) is 16.5. The van der Waals surface area contributed by atoms with Crippen molar-refractivity contribution in [1.29, 1.82) is 0 Å². The summed E-state index contributed by atoms with van der Waals surface area (Å²) in [5, 5.41) is 0. The molecule has 112 valence electrons. The van der Waals surface area contributed by atoms with Crippen LogP contribution in [0.5, 0.6) is 0 Å². The Hall–Kier alpha value is -1.55. The third-order valence-electron chi connectivity index (χ3n) is 3.41. The minimum atomic E-state index is -0.899. The van der Waals surface area contributed by atoms with Crippen LogP contribution in [0, 0.1) is 6.92 Å². The van der Waals surface area contributed by atoms with Gasteiger partial charge in [-0.05, 0) is 45.7 Å². The summed E-state index contributed by atoms with van der Waals surface area (Å²) < 4.78 is 4.98. The molecule has 0 fully saturated rings. The number of aryl methyl sites for hydroxylation is 1. The lowest BCUT2D eigenvalue weighted by atomic mass is 9.97. The van der Waals surface area contributed by atoms with Crippen molar-refractivity contribution in [3.8, 4) is 0 Å². The summed E-state index contributed by atoms with van der Waals surface area (Å²) in [5.41, 5.74) is 7.52. The van der Waals surface area contributed by atoms with E-state index in [1.165, 1.54) is 11.3 Å². The first-order valence-corrected chi connectivity index (χ1v) is 7.10. The van der Waals surface area contributed by atoms with Crippen LogP contribution in [0.25, 0.3) is 0 Å². The summed E-state index contributed by atoms with van der Waals surface area (Å²) >= 11 is 0. The molecule has 0 spiro atoms. The average Bonchev–Trinajstić information content (AvgIpc) is 2.39. The Balaban J connectivity index is 2.43. The van der Waals surface area contributed by atoms with Crippen LogP contribution in [0.2, 0.25) is 0 Å². The second kappa shape index (κ2) is 7.29. The fraction of sp³-hybridized carbons (Fsp3) is 0.562. The molecule has 1 rings (SSSR count). The van der Waals surface area contributed by atoms with E-state index in [1.807, 2.05) is 7.05 Å². The zero-order valence-corrected chi connectivity index (χ0v) is 13.0. The normalized spacial score (nSPS) is 13.7. The highest BCUT2D eigenvalue weighted by molar-refractivity contribution is 5.79. The molecule has 0 heterocycles. The van der Waals surface area contributed by atoms with Crippen LogP contribution in [0.3, 0.4) is 0 Å². The van der Waals surface area contributed by atoms with E-state index in [1.54, 1.807) is 13.8 Å². The van der Waals surface area contributed by atoms with Crippen LogP contribution in [0.15, 0.2) is 24.3 Å². The molecule has 0 bridgehead atoms. The molecule has 0 saturated carbocycles. The number of benzene rings is 1. The number of hydrogen-bond donors (Lipinski definition) is 1. The summed E-state index contributed by atoms with van der Waals surface area (Å²) in [5.74, 6) is -0.321. The molecule has 0 aliphatic rings. The van der Waals surface area contributed by atoms with Crippen molar-refractivity contribution in [1.82, 2.24) is 0 Å². The molecule has 0 aliphatic carbocycles. The number of carbonyl (C=O) groups is 1. The number of anilines is 1. The highest BCUT2D eigenvalue weighted by Gasteiger charge is 2.29. The summed E-state index contributed by atoms with van der Waals surface area (Å²) in [4.78, 5) is 13.9. The van der Waals surface area contributed by atoms with Crippen molar-refractivity contribution in [2.75, 3.05) is 25.1 Å². The predicted octanol–water partition coefficient (Wildman–Crippen LogP) is 2.49. The van der Waals surface area contributed by atoms with E-state index in [0.717, 1.165) is 13.0 Å². The van der Waals surface area contributed by atoms with Gasteiger partial charge >= 0.3 is 5.97 Å². The molecule has 1 aromatic carbocycles. The van der Waals surface area contributed by atoms with E-state index in [2.05, 4.69) is 36.1 Å². The Bertz CT molecular complexity index is 427. The van der Waals surface area contributed by atoms with E-state index >= 15 is 0 Å². The maximum atomic E-state index is 11.7. The summed E-state index contributed by atoms with van der Waals surface area (Å²) in [7, 11) is 2.04. The minimum absolute atomic E-state index is 0.321. The van der Waals surface area contributed by atoms with Crippen LogP contribution in [0.4, 0.5) is 5.69 Å². The van der Waals surface area contributed by atoms with Gasteiger partial charge in [-0.3, -0.25) is 4.79 Å². The summed E-state index contributed by atoms with van der Waals surface area (Å²) in [6, 6.07) is 8.39. The van der Waals surface area contributed by atoms with Crippen LogP contribution in [-0.4, -0.2) is 31.7 Å². The van der Waals surface area contributed by atoms with E-state index in [-0.39, 0.29) is 5.97 Å². The van der Waals surface area contributed by atoms with Crippen LogP contribution < -0.4 is 10.6 Å². The largest absolute Gasteiger partial charge is 0.465 e. The van der Waals surface area contributed by atoms with Crippen molar-refractivity contribution in [3.63, 3.8) is 0 Å². The first-order valence-electron chi connectivity index (χ1n) is 7.10. The number of ether oxygens (including phenoxy) is 1. The molecule has 4 heteroatoms. The predicted molar refractivity (Wildman–Crippen MR) is 82.9 cm³/mol. The van der Waals surface area contributed by atoms with Gasteiger partial charge < -0.3 is 15.4 Å². The standard InChI is InChI=1S/C16H26N2O2/c1-5-20-15(19)16(3,17)11-6-12-18(4)14-9-7-13(2)8-10-14/h7-10H,5-6,11-12,17H2,1-4H3. The molecule has 4 nitrogen and oxygen atoms in total. The molecule has 2 N–H and O–H groups in total. The average molecular weight is 278 g/mol. The Morgan fingerprint density at radius 2 is 1.95 bits per heavy atom. The lowest BCUT2D eigenvalue weighted by Crippen LogP contribution is -2.46. The molecular weight excluding hydrogens is 252 g/mol. The van der Waals surface area contributed by atoms with Gasteiger partial charge in [-0.25, -0.2) is 0 Å². The zero-order valence-electron chi connectivity index (χ0n) is 13.0. The molecule has 0 radical (unpaired) electrons. The second-order valence-electron chi connectivity index (χ2n) is 5.50. The van der Waals surface area contributed by atoms with Gasteiger partial charge in [0.1, 0.15) is 5.54 Å². The van der Waals surface area contributed by atoms with Gasteiger partial charge in [0.15, 0.2) is 0 Å². The smallest absolute Gasteiger partial charge is 0.325 e. The fourth-order valence-corrected chi connectivity index (χ4v) is 2.01. The van der Waals surface area contributed by atoms with Crippen LogP contribution in [-0.2, 0) is 9.53 Å². The number of nitrogens with two attached hydrogens (primary N) is 1. The van der Waals surface area contributed by atoms with Crippen LogP contribution in [0.1, 0.15) is 32.3 Å². The highest BCUT2D eigenvalue weighted by atomic mass is 16.5. The first-order chi connectivity index (χ1) is 9.36. The third-order valence-corrected chi connectivity index (χ3v) is 3.41. The van der Waals surface area contributed by atoms with Crippen molar-refractivity contribution in [3.05, 3.63) is 29.8 Å². The fourth-order valence-electron chi connectivity index (χ4n) is 2.01. The Kier molecular flexibility index (Phi) is 6.02. The Morgan fingerprint density at radius 1 is 1.35 bits per heavy atom. The number of carbonyl (C=O) groups excluding carboxylic acids is 1. The van der Waals surface area contributed by atoms with Gasteiger partial charge in [-0.15, -0.1) is 0 Å². The van der Waals surface area contributed by atoms with Gasteiger partial charge in [-0.2, -0.15) is 0 Å². The lowest BCUT2D eigenvalue weighted by molar-refractivity contribution is -0.149. The molecule has 0 aliphatic heterocycles. The Labute approximate surface area is 121 Å². The van der Waals surface area contributed by atoms with Crippen molar-refractivity contribution in [2.24, 2.45) is 5.73 Å². The molecule has 20 heavy (non-hydrogen) atoms. The number of rotatable bonds is 7. The van der Waals surface area contributed by atoms with E-state index in [4.69, 9.17) is 10.5 Å². The van der Waals surface area contributed by atoms with E-state index in [9.17, 15) is 4.79 Å². The molecule has 0 aromatic heterocycles. The molecule has 0 amide bonds. The number of hydrogen-bond acceptors (Lipinski definition) is 4. The van der Waals surface area contributed by atoms with Gasteiger partial charge in [0.05, 0.1) is 6.61 Å². The van der Waals surface area contributed by atoms with Gasteiger partial charge in [-0.1, -0.05) is 17.7 Å². The third kappa shape index (κ3) is 4.85. The maximum Gasteiger partial charge on any atom is 0.325 e. The minimum Gasteiger partial charge on any atom is -0.465 e. The van der Waals surface area contributed by atoms with Gasteiger partial charge in [0.2, 0.25) is 0 Å². The topological polar surface area (TPSA) is 55.6 Å². The molecular formula is C16H26N2O2. The number of nitrogens with zero attached hydrogens (tertiary/aromatic N) is 1. The number of esters is 1. The van der Waals surface area contributed by atoms with Gasteiger partial charge in [0, 0.05) is 19.3 Å². The van der Waals surface area contributed by atoms with Crippen molar-refractivity contribution >= 4 is 11.7 Å². The Morgan fingerprint density at radius 3 is 2.50 bits per heavy atom. The molecule has 1 aromatic rings. The van der Waals surface area contributed by atoms with Crippen LogP contribution >= 0.6 is 0 Å².